The molecular formula is C13H17ClN2O4. The lowest BCUT2D eigenvalue weighted by Crippen LogP contribution is -2.35. The molecule has 20 heavy (non-hydrogen) atoms. The highest BCUT2D eigenvalue weighted by Gasteiger charge is 2.24. The first kappa shape index (κ1) is 16.4. The third kappa shape index (κ3) is 3.91. The van der Waals surface area contributed by atoms with E-state index in [4.69, 9.17) is 11.6 Å². The van der Waals surface area contributed by atoms with Crippen molar-refractivity contribution in [1.29, 1.82) is 0 Å². The molecule has 1 aromatic rings. The monoisotopic (exact) mass is 300 g/mol. The second-order valence-corrected chi connectivity index (χ2v) is 4.96. The Morgan fingerprint density at radius 3 is 2.75 bits per heavy atom. The minimum absolute atomic E-state index is 0.00901. The van der Waals surface area contributed by atoms with E-state index < -0.39 is 16.9 Å². The van der Waals surface area contributed by atoms with Gasteiger partial charge in [-0.1, -0.05) is 37.9 Å². The number of nitro groups is 1. The first-order chi connectivity index (χ1) is 9.38. The predicted molar refractivity (Wildman–Crippen MR) is 75.9 cm³/mol. The van der Waals surface area contributed by atoms with E-state index in [2.05, 4.69) is 5.32 Å². The maximum atomic E-state index is 12.0. The molecular weight excluding hydrogens is 284 g/mol. The Morgan fingerprint density at radius 2 is 2.20 bits per heavy atom. The van der Waals surface area contributed by atoms with Crippen molar-refractivity contribution in [3.63, 3.8) is 0 Å². The number of carbonyl (C=O) groups is 1. The summed E-state index contributed by atoms with van der Waals surface area (Å²) >= 11 is 5.85. The lowest BCUT2D eigenvalue weighted by Gasteiger charge is -2.17. The fourth-order valence-electron chi connectivity index (χ4n) is 1.65. The number of halogens is 1. The van der Waals surface area contributed by atoms with Crippen LogP contribution in [0.3, 0.4) is 0 Å². The molecule has 0 aromatic heterocycles. The molecule has 2 atom stereocenters. The zero-order valence-electron chi connectivity index (χ0n) is 11.3. The second-order valence-electron chi connectivity index (χ2n) is 4.55. The standard InChI is InChI=1S/C13H17ClN2O4/c1-3-8(2)11(17)7-15-13(18)12-9(14)5-4-6-10(12)16(19)20/h4-6,8,11,17H,3,7H2,1-2H3,(H,15,18). The summed E-state index contributed by atoms with van der Waals surface area (Å²) < 4.78 is 0. The van der Waals surface area contributed by atoms with Crippen LogP contribution in [0.15, 0.2) is 18.2 Å². The SMILES string of the molecule is CCC(C)C(O)CNC(=O)c1c(Cl)cccc1[N+](=O)[O-]. The number of amides is 1. The maximum Gasteiger partial charge on any atom is 0.283 e. The highest BCUT2D eigenvalue weighted by Crippen LogP contribution is 2.26. The van der Waals surface area contributed by atoms with E-state index in [1.54, 1.807) is 0 Å². The van der Waals surface area contributed by atoms with Crippen LogP contribution in [-0.2, 0) is 0 Å². The Kier molecular flexibility index (Phi) is 5.91. The maximum absolute atomic E-state index is 12.0. The summed E-state index contributed by atoms with van der Waals surface area (Å²) in [6.07, 6.45) is 0.0639. The van der Waals surface area contributed by atoms with E-state index in [0.717, 1.165) is 6.42 Å². The zero-order chi connectivity index (χ0) is 15.3. The van der Waals surface area contributed by atoms with Crippen molar-refractivity contribution in [3.05, 3.63) is 38.9 Å². The number of nitro benzene ring substituents is 1. The summed E-state index contributed by atoms with van der Waals surface area (Å²) in [6.45, 7) is 3.81. The summed E-state index contributed by atoms with van der Waals surface area (Å²) in [5, 5.41) is 23.1. The van der Waals surface area contributed by atoms with Crippen LogP contribution in [0.2, 0.25) is 5.02 Å². The minimum atomic E-state index is -0.703. The topological polar surface area (TPSA) is 92.5 Å². The van der Waals surface area contributed by atoms with Crippen LogP contribution in [0.4, 0.5) is 5.69 Å². The van der Waals surface area contributed by atoms with Crippen molar-refractivity contribution in [3.8, 4) is 0 Å². The molecule has 0 saturated heterocycles. The lowest BCUT2D eigenvalue weighted by molar-refractivity contribution is -0.385. The van der Waals surface area contributed by atoms with E-state index >= 15 is 0 Å². The number of hydrogen-bond acceptors (Lipinski definition) is 4. The first-order valence-electron chi connectivity index (χ1n) is 6.27. The predicted octanol–water partition coefficient (Wildman–Crippen LogP) is 2.39. The van der Waals surface area contributed by atoms with Gasteiger partial charge in [-0.15, -0.1) is 0 Å². The Bertz CT molecular complexity index is 507. The number of nitrogens with zero attached hydrogens (tertiary/aromatic N) is 1. The van der Waals surface area contributed by atoms with Crippen LogP contribution in [0.25, 0.3) is 0 Å². The lowest BCUT2D eigenvalue weighted by atomic mass is 10.0. The molecule has 2 N–H and O–H groups in total. The third-order valence-corrected chi connectivity index (χ3v) is 3.50. The zero-order valence-corrected chi connectivity index (χ0v) is 12.1. The van der Waals surface area contributed by atoms with Crippen molar-refractivity contribution in [1.82, 2.24) is 5.32 Å². The van der Waals surface area contributed by atoms with Crippen LogP contribution in [-0.4, -0.2) is 28.6 Å². The van der Waals surface area contributed by atoms with Gasteiger partial charge in [-0.2, -0.15) is 0 Å². The minimum Gasteiger partial charge on any atom is -0.391 e. The molecule has 2 unspecified atom stereocenters. The van der Waals surface area contributed by atoms with Crippen molar-refractivity contribution in [2.45, 2.75) is 26.4 Å². The van der Waals surface area contributed by atoms with Crippen LogP contribution in [0.5, 0.6) is 0 Å². The molecule has 0 bridgehead atoms. The molecule has 6 nitrogen and oxygen atoms in total. The first-order valence-corrected chi connectivity index (χ1v) is 6.65. The average molecular weight is 301 g/mol. The molecule has 0 heterocycles. The number of aliphatic hydroxyl groups is 1. The molecule has 0 fully saturated rings. The molecule has 0 spiro atoms. The number of benzene rings is 1. The number of hydrogen-bond donors (Lipinski definition) is 2. The molecule has 110 valence electrons. The third-order valence-electron chi connectivity index (χ3n) is 3.19. The largest absolute Gasteiger partial charge is 0.391 e. The van der Waals surface area contributed by atoms with Crippen LogP contribution < -0.4 is 5.32 Å². The second kappa shape index (κ2) is 7.21. The number of carbonyl (C=O) groups excluding carboxylic acids is 1. The molecule has 0 saturated carbocycles. The molecule has 0 aliphatic rings. The Morgan fingerprint density at radius 1 is 1.55 bits per heavy atom. The van der Waals surface area contributed by atoms with Gasteiger partial charge in [0.1, 0.15) is 5.56 Å². The van der Waals surface area contributed by atoms with Gasteiger partial charge in [0.25, 0.3) is 11.6 Å². The Balaban J connectivity index is 2.85. The fourth-order valence-corrected chi connectivity index (χ4v) is 1.90. The van der Waals surface area contributed by atoms with Gasteiger partial charge in [-0.05, 0) is 12.0 Å². The van der Waals surface area contributed by atoms with Gasteiger partial charge in [-0.25, -0.2) is 0 Å². The van der Waals surface area contributed by atoms with E-state index in [1.165, 1.54) is 18.2 Å². The molecule has 7 heteroatoms. The molecule has 1 amide bonds. The van der Waals surface area contributed by atoms with Gasteiger partial charge in [0.05, 0.1) is 16.0 Å². The number of rotatable bonds is 6. The van der Waals surface area contributed by atoms with Gasteiger partial charge in [0.15, 0.2) is 0 Å². The molecule has 1 aromatic carbocycles. The van der Waals surface area contributed by atoms with Crippen LogP contribution in [0, 0.1) is 16.0 Å². The van der Waals surface area contributed by atoms with E-state index in [1.807, 2.05) is 13.8 Å². The Labute approximate surface area is 121 Å². The van der Waals surface area contributed by atoms with Gasteiger partial charge >= 0.3 is 0 Å². The van der Waals surface area contributed by atoms with Gasteiger partial charge in [-0.3, -0.25) is 14.9 Å². The van der Waals surface area contributed by atoms with Crippen molar-refractivity contribution in [2.24, 2.45) is 5.92 Å². The summed E-state index contributed by atoms with van der Waals surface area (Å²) in [5.74, 6) is -0.638. The molecule has 0 aliphatic carbocycles. The molecule has 0 aliphatic heterocycles. The van der Waals surface area contributed by atoms with Crippen LogP contribution in [0.1, 0.15) is 30.6 Å². The van der Waals surface area contributed by atoms with Crippen molar-refractivity contribution in [2.75, 3.05) is 6.54 Å². The Hall–Kier alpha value is -1.66. The van der Waals surface area contributed by atoms with E-state index in [9.17, 15) is 20.0 Å². The molecule has 0 radical (unpaired) electrons. The van der Waals surface area contributed by atoms with Gasteiger partial charge < -0.3 is 10.4 Å². The summed E-state index contributed by atoms with van der Waals surface area (Å²) in [7, 11) is 0. The van der Waals surface area contributed by atoms with E-state index in [0.29, 0.717) is 0 Å². The normalized spacial score (nSPS) is 13.6. The highest BCUT2D eigenvalue weighted by molar-refractivity contribution is 6.34. The van der Waals surface area contributed by atoms with Crippen molar-refractivity contribution < 1.29 is 14.8 Å². The number of nitrogens with one attached hydrogen (secondary N) is 1. The van der Waals surface area contributed by atoms with Crippen molar-refractivity contribution >= 4 is 23.2 Å². The molecule has 1 rings (SSSR count). The summed E-state index contributed by atoms with van der Waals surface area (Å²) in [4.78, 5) is 22.2. The smallest absolute Gasteiger partial charge is 0.283 e. The fraction of sp³-hybridized carbons (Fsp3) is 0.462. The number of aliphatic hydroxyl groups excluding tert-OH is 1. The van der Waals surface area contributed by atoms with Gasteiger partial charge in [0, 0.05) is 12.6 Å². The average Bonchev–Trinajstić information content (AvgIpc) is 2.42. The summed E-state index contributed by atoms with van der Waals surface area (Å²) in [5.41, 5.74) is -0.538. The summed E-state index contributed by atoms with van der Waals surface area (Å²) in [6, 6.07) is 4.03. The quantitative estimate of drug-likeness (QED) is 0.623. The van der Waals surface area contributed by atoms with E-state index in [-0.39, 0.29) is 28.7 Å². The van der Waals surface area contributed by atoms with Crippen LogP contribution >= 0.6 is 11.6 Å². The van der Waals surface area contributed by atoms with Gasteiger partial charge in [0.2, 0.25) is 0 Å². The highest BCUT2D eigenvalue weighted by atomic mass is 35.5.